The third-order valence-electron chi connectivity index (χ3n) is 2.50. The normalized spacial score (nSPS) is 10.0. The molecule has 2 N–H and O–H groups in total. The Labute approximate surface area is 104 Å². The molecule has 0 aliphatic heterocycles. The van der Waals surface area contributed by atoms with Crippen LogP contribution in [0.4, 0.5) is 5.82 Å². The molecule has 0 fully saturated rings. The lowest BCUT2D eigenvalue weighted by atomic mass is 10.1. The van der Waals surface area contributed by atoms with Gasteiger partial charge in [0.25, 0.3) is 0 Å². The van der Waals surface area contributed by atoms with Crippen molar-refractivity contribution in [3.63, 3.8) is 0 Å². The molecule has 1 aromatic heterocycles. The number of carbonyl (C=O) groups is 1. The SMILES string of the molecule is O=C(O)c1ccnnc1NCCc1ccccc1. The molecule has 2 rings (SSSR count). The molecule has 0 bridgehead atoms. The number of anilines is 1. The van der Waals surface area contributed by atoms with Crippen molar-refractivity contribution >= 4 is 11.8 Å². The summed E-state index contributed by atoms with van der Waals surface area (Å²) in [5, 5.41) is 19.4. The number of hydrogen-bond acceptors (Lipinski definition) is 4. The third kappa shape index (κ3) is 3.04. The minimum absolute atomic E-state index is 0.137. The van der Waals surface area contributed by atoms with Crippen LogP contribution in [0, 0.1) is 0 Å². The van der Waals surface area contributed by atoms with Gasteiger partial charge in [-0.3, -0.25) is 0 Å². The van der Waals surface area contributed by atoms with Crippen molar-refractivity contribution in [1.82, 2.24) is 10.2 Å². The Morgan fingerprint density at radius 2 is 2.00 bits per heavy atom. The molecule has 0 saturated carbocycles. The Kier molecular flexibility index (Phi) is 3.86. The fourth-order valence-corrected chi connectivity index (χ4v) is 1.60. The molecule has 0 aliphatic carbocycles. The number of aromatic carboxylic acids is 1. The summed E-state index contributed by atoms with van der Waals surface area (Å²) < 4.78 is 0. The highest BCUT2D eigenvalue weighted by Gasteiger charge is 2.10. The maximum absolute atomic E-state index is 10.9. The summed E-state index contributed by atoms with van der Waals surface area (Å²) in [7, 11) is 0. The van der Waals surface area contributed by atoms with E-state index in [0.717, 1.165) is 6.42 Å². The molecule has 2 aromatic rings. The van der Waals surface area contributed by atoms with Gasteiger partial charge in [-0.15, -0.1) is 5.10 Å². The molecule has 0 saturated heterocycles. The fraction of sp³-hybridized carbons (Fsp3) is 0.154. The lowest BCUT2D eigenvalue weighted by molar-refractivity contribution is 0.0697. The number of carboxylic acid groups (broad SMARTS) is 1. The van der Waals surface area contributed by atoms with Crippen molar-refractivity contribution in [1.29, 1.82) is 0 Å². The number of benzene rings is 1. The molecular formula is C13H13N3O2. The van der Waals surface area contributed by atoms with Crippen molar-refractivity contribution in [3.05, 3.63) is 53.7 Å². The molecule has 0 amide bonds. The van der Waals surface area contributed by atoms with Crippen LogP contribution >= 0.6 is 0 Å². The van der Waals surface area contributed by atoms with Gasteiger partial charge in [0.2, 0.25) is 0 Å². The second-order valence-corrected chi connectivity index (χ2v) is 3.76. The van der Waals surface area contributed by atoms with E-state index in [1.54, 1.807) is 0 Å². The highest BCUT2D eigenvalue weighted by Crippen LogP contribution is 2.10. The summed E-state index contributed by atoms with van der Waals surface area (Å²) in [5.41, 5.74) is 1.32. The zero-order chi connectivity index (χ0) is 12.8. The summed E-state index contributed by atoms with van der Waals surface area (Å²) in [6, 6.07) is 11.4. The van der Waals surface area contributed by atoms with Gasteiger partial charge in [0.15, 0.2) is 5.82 Å². The van der Waals surface area contributed by atoms with E-state index in [9.17, 15) is 4.79 Å². The van der Waals surface area contributed by atoms with Gasteiger partial charge >= 0.3 is 5.97 Å². The van der Waals surface area contributed by atoms with Crippen molar-refractivity contribution < 1.29 is 9.90 Å². The average molecular weight is 243 g/mol. The molecule has 0 aliphatic rings. The van der Waals surface area contributed by atoms with Crippen LogP contribution in [0.3, 0.4) is 0 Å². The lowest BCUT2D eigenvalue weighted by Crippen LogP contribution is -2.11. The van der Waals surface area contributed by atoms with Crippen LogP contribution in [0.1, 0.15) is 15.9 Å². The minimum atomic E-state index is -1.01. The summed E-state index contributed by atoms with van der Waals surface area (Å²) >= 11 is 0. The van der Waals surface area contributed by atoms with E-state index in [0.29, 0.717) is 12.4 Å². The quantitative estimate of drug-likeness (QED) is 0.838. The second kappa shape index (κ2) is 5.77. The molecule has 1 heterocycles. The van der Waals surface area contributed by atoms with E-state index < -0.39 is 5.97 Å². The van der Waals surface area contributed by atoms with E-state index in [2.05, 4.69) is 15.5 Å². The Morgan fingerprint density at radius 1 is 1.22 bits per heavy atom. The summed E-state index contributed by atoms with van der Waals surface area (Å²) in [4.78, 5) is 10.9. The molecule has 5 heteroatoms. The monoisotopic (exact) mass is 243 g/mol. The molecule has 0 atom stereocenters. The second-order valence-electron chi connectivity index (χ2n) is 3.76. The van der Waals surface area contributed by atoms with Crippen LogP contribution < -0.4 is 5.32 Å². The van der Waals surface area contributed by atoms with E-state index in [4.69, 9.17) is 5.11 Å². The molecule has 1 aromatic carbocycles. The highest BCUT2D eigenvalue weighted by atomic mass is 16.4. The maximum atomic E-state index is 10.9. The van der Waals surface area contributed by atoms with Crippen LogP contribution in [0.5, 0.6) is 0 Å². The predicted molar refractivity (Wildman–Crippen MR) is 67.6 cm³/mol. The van der Waals surface area contributed by atoms with Gasteiger partial charge < -0.3 is 10.4 Å². The van der Waals surface area contributed by atoms with Gasteiger partial charge in [0.05, 0.1) is 6.20 Å². The standard InChI is InChI=1S/C13H13N3O2/c17-13(18)11-7-9-15-16-12(11)14-8-6-10-4-2-1-3-5-10/h1-5,7,9H,6,8H2,(H,14,16)(H,17,18). The maximum Gasteiger partial charge on any atom is 0.339 e. The number of hydrogen-bond donors (Lipinski definition) is 2. The Bertz CT molecular complexity index is 529. The van der Waals surface area contributed by atoms with Crippen LogP contribution in [0.25, 0.3) is 0 Å². The van der Waals surface area contributed by atoms with Gasteiger partial charge in [-0.2, -0.15) is 5.10 Å². The molecule has 5 nitrogen and oxygen atoms in total. The van der Waals surface area contributed by atoms with Gasteiger partial charge in [-0.25, -0.2) is 4.79 Å². The Morgan fingerprint density at radius 3 is 2.72 bits per heavy atom. The smallest absolute Gasteiger partial charge is 0.339 e. The zero-order valence-electron chi connectivity index (χ0n) is 9.71. The Balaban J connectivity index is 1.97. The van der Waals surface area contributed by atoms with Gasteiger partial charge in [0, 0.05) is 6.54 Å². The minimum Gasteiger partial charge on any atom is -0.478 e. The van der Waals surface area contributed by atoms with Crippen molar-refractivity contribution in [2.24, 2.45) is 0 Å². The van der Waals surface area contributed by atoms with E-state index in [1.165, 1.54) is 17.8 Å². The molecule has 0 radical (unpaired) electrons. The average Bonchev–Trinajstić information content (AvgIpc) is 2.40. The summed E-state index contributed by atoms with van der Waals surface area (Å²) in [6.45, 7) is 0.614. The van der Waals surface area contributed by atoms with Gasteiger partial charge in [-0.05, 0) is 18.1 Å². The van der Waals surface area contributed by atoms with Crippen LogP contribution in [-0.2, 0) is 6.42 Å². The Hall–Kier alpha value is -2.43. The molecule has 0 spiro atoms. The van der Waals surface area contributed by atoms with E-state index in [-0.39, 0.29) is 5.56 Å². The van der Waals surface area contributed by atoms with Crippen LogP contribution in [0.15, 0.2) is 42.6 Å². The molecule has 18 heavy (non-hydrogen) atoms. The van der Waals surface area contributed by atoms with Crippen molar-refractivity contribution in [2.45, 2.75) is 6.42 Å². The first-order chi connectivity index (χ1) is 8.77. The first-order valence-electron chi connectivity index (χ1n) is 5.60. The first kappa shape index (κ1) is 12.0. The van der Waals surface area contributed by atoms with E-state index >= 15 is 0 Å². The molecule has 0 unspecified atom stereocenters. The van der Waals surface area contributed by atoms with Crippen molar-refractivity contribution in [3.8, 4) is 0 Å². The van der Waals surface area contributed by atoms with Crippen LogP contribution in [-0.4, -0.2) is 27.8 Å². The fourth-order valence-electron chi connectivity index (χ4n) is 1.60. The van der Waals surface area contributed by atoms with Gasteiger partial charge in [0.1, 0.15) is 5.56 Å². The highest BCUT2D eigenvalue weighted by molar-refractivity contribution is 5.92. The number of nitrogens with one attached hydrogen (secondary N) is 1. The summed E-state index contributed by atoms with van der Waals surface area (Å²) in [6.07, 6.45) is 2.17. The predicted octanol–water partition coefficient (Wildman–Crippen LogP) is 1.83. The third-order valence-corrected chi connectivity index (χ3v) is 2.50. The van der Waals surface area contributed by atoms with Crippen molar-refractivity contribution in [2.75, 3.05) is 11.9 Å². The number of carboxylic acids is 1. The number of nitrogens with zero attached hydrogens (tertiary/aromatic N) is 2. The largest absolute Gasteiger partial charge is 0.478 e. The zero-order valence-corrected chi connectivity index (χ0v) is 9.71. The topological polar surface area (TPSA) is 75.1 Å². The molecule has 92 valence electrons. The van der Waals surface area contributed by atoms with Gasteiger partial charge in [-0.1, -0.05) is 30.3 Å². The summed E-state index contributed by atoms with van der Waals surface area (Å²) in [5.74, 6) is -0.701. The number of rotatable bonds is 5. The molecular weight excluding hydrogens is 230 g/mol. The van der Waals surface area contributed by atoms with Crippen LogP contribution in [0.2, 0.25) is 0 Å². The number of aromatic nitrogens is 2. The lowest BCUT2D eigenvalue weighted by Gasteiger charge is -2.07. The first-order valence-corrected chi connectivity index (χ1v) is 5.60. The van der Waals surface area contributed by atoms with E-state index in [1.807, 2.05) is 30.3 Å².